The number of nitrogens with zero attached hydrogens (tertiary/aromatic N) is 3. The fraction of sp³-hybridized carbons (Fsp3) is 0.478. The first-order chi connectivity index (χ1) is 13.8. The fourth-order valence-electron chi connectivity index (χ4n) is 4.06. The van der Waals surface area contributed by atoms with Crippen molar-refractivity contribution in [2.24, 2.45) is 0 Å². The van der Waals surface area contributed by atoms with Crippen molar-refractivity contribution in [2.45, 2.75) is 46.0 Å². The van der Waals surface area contributed by atoms with Crippen molar-refractivity contribution in [2.75, 3.05) is 31.5 Å². The third-order valence-electron chi connectivity index (χ3n) is 5.68. The Morgan fingerprint density at radius 3 is 2.61 bits per heavy atom. The van der Waals surface area contributed by atoms with Gasteiger partial charge in [-0.3, -0.25) is 0 Å². The third kappa shape index (κ3) is 4.20. The van der Waals surface area contributed by atoms with Crippen LogP contribution in [0.3, 0.4) is 0 Å². The summed E-state index contributed by atoms with van der Waals surface area (Å²) >= 11 is 1.89. The Hall–Kier alpha value is -1.98. The third-order valence-corrected chi connectivity index (χ3v) is 6.87. The van der Waals surface area contributed by atoms with E-state index < -0.39 is 0 Å². The van der Waals surface area contributed by atoms with Crippen LogP contribution < -0.4 is 5.32 Å². The second kappa shape index (κ2) is 9.01. The zero-order chi connectivity index (χ0) is 19.3. The van der Waals surface area contributed by atoms with Gasteiger partial charge in [-0.15, -0.1) is 11.3 Å². The Labute approximate surface area is 172 Å². The molecule has 0 atom stereocenters. The number of hydrogen-bond acceptors (Lipinski definition) is 5. The fourth-order valence-corrected chi connectivity index (χ4v) is 5.34. The first-order valence-corrected chi connectivity index (χ1v) is 11.4. The SMILES string of the molecule is CCN(CC)CCNc1nc(Cc2ccccc2)nc2sc3c(c12)CCCC3. The molecule has 4 rings (SSSR count). The lowest BCUT2D eigenvalue weighted by molar-refractivity contribution is 0.316. The topological polar surface area (TPSA) is 41.0 Å². The highest BCUT2D eigenvalue weighted by Crippen LogP contribution is 2.38. The summed E-state index contributed by atoms with van der Waals surface area (Å²) in [6, 6.07) is 10.5. The average Bonchev–Trinajstić information content (AvgIpc) is 3.10. The van der Waals surface area contributed by atoms with Gasteiger partial charge in [-0.1, -0.05) is 44.2 Å². The van der Waals surface area contributed by atoms with E-state index in [1.807, 2.05) is 11.3 Å². The molecule has 0 fully saturated rings. The maximum atomic E-state index is 4.99. The average molecular weight is 395 g/mol. The minimum Gasteiger partial charge on any atom is -0.368 e. The van der Waals surface area contributed by atoms with Gasteiger partial charge in [0.2, 0.25) is 0 Å². The largest absolute Gasteiger partial charge is 0.368 e. The van der Waals surface area contributed by atoms with E-state index in [-0.39, 0.29) is 0 Å². The van der Waals surface area contributed by atoms with Crippen LogP contribution in [0, 0.1) is 0 Å². The van der Waals surface area contributed by atoms with E-state index in [4.69, 9.17) is 9.97 Å². The van der Waals surface area contributed by atoms with Gasteiger partial charge in [0.15, 0.2) is 0 Å². The number of likely N-dealkylation sites (N-methyl/N-ethyl adjacent to an activating group) is 1. The second-order valence-electron chi connectivity index (χ2n) is 7.50. The highest BCUT2D eigenvalue weighted by molar-refractivity contribution is 7.19. The van der Waals surface area contributed by atoms with E-state index in [0.29, 0.717) is 0 Å². The highest BCUT2D eigenvalue weighted by Gasteiger charge is 2.21. The number of anilines is 1. The molecular formula is C23H30N4S. The summed E-state index contributed by atoms with van der Waals surface area (Å²) in [5.41, 5.74) is 2.76. The summed E-state index contributed by atoms with van der Waals surface area (Å²) in [6.07, 6.45) is 5.73. The molecule has 5 heteroatoms. The lowest BCUT2D eigenvalue weighted by Gasteiger charge is -2.19. The highest BCUT2D eigenvalue weighted by atomic mass is 32.1. The molecule has 3 aromatic rings. The number of fused-ring (bicyclic) bond motifs is 3. The van der Waals surface area contributed by atoms with Crippen LogP contribution in [0.5, 0.6) is 0 Å². The molecule has 2 heterocycles. The van der Waals surface area contributed by atoms with E-state index in [0.717, 1.165) is 49.1 Å². The predicted octanol–water partition coefficient (Wildman–Crippen LogP) is 4.91. The van der Waals surface area contributed by atoms with Crippen LogP contribution in [0.4, 0.5) is 5.82 Å². The monoisotopic (exact) mass is 394 g/mol. The van der Waals surface area contributed by atoms with Crippen LogP contribution in [0.25, 0.3) is 10.2 Å². The molecule has 0 amide bonds. The van der Waals surface area contributed by atoms with Gasteiger partial charge in [0.05, 0.1) is 5.39 Å². The zero-order valence-corrected chi connectivity index (χ0v) is 17.8. The smallest absolute Gasteiger partial charge is 0.138 e. The first kappa shape index (κ1) is 19.3. The second-order valence-corrected chi connectivity index (χ2v) is 8.58. The molecular weight excluding hydrogens is 364 g/mol. The number of aromatic nitrogens is 2. The number of aryl methyl sites for hydroxylation is 2. The number of nitrogens with one attached hydrogen (secondary N) is 1. The molecule has 0 saturated carbocycles. The van der Waals surface area contributed by atoms with Crippen molar-refractivity contribution >= 4 is 27.4 Å². The van der Waals surface area contributed by atoms with Gasteiger partial charge in [0.1, 0.15) is 16.5 Å². The molecule has 0 bridgehead atoms. The van der Waals surface area contributed by atoms with Gasteiger partial charge >= 0.3 is 0 Å². The van der Waals surface area contributed by atoms with Crippen LogP contribution in [-0.2, 0) is 19.3 Å². The van der Waals surface area contributed by atoms with Crippen molar-refractivity contribution in [3.05, 3.63) is 52.2 Å². The lowest BCUT2D eigenvalue weighted by Crippen LogP contribution is -2.28. The summed E-state index contributed by atoms with van der Waals surface area (Å²) in [4.78, 5) is 15.1. The van der Waals surface area contributed by atoms with Crippen molar-refractivity contribution in [1.82, 2.24) is 14.9 Å². The summed E-state index contributed by atoms with van der Waals surface area (Å²) in [5.74, 6) is 1.96. The van der Waals surface area contributed by atoms with Crippen LogP contribution >= 0.6 is 11.3 Å². The standard InChI is InChI=1S/C23H30N4S/c1-3-27(4-2)15-14-24-22-21-18-12-8-9-13-19(18)28-23(21)26-20(25-22)16-17-10-6-5-7-11-17/h5-7,10-11H,3-4,8-9,12-16H2,1-2H3,(H,24,25,26). The molecule has 0 unspecified atom stereocenters. The summed E-state index contributed by atoms with van der Waals surface area (Å²) in [6.45, 7) is 8.58. The Morgan fingerprint density at radius 1 is 1.04 bits per heavy atom. The van der Waals surface area contributed by atoms with Crippen molar-refractivity contribution in [3.8, 4) is 0 Å². The molecule has 2 aromatic heterocycles. The molecule has 1 aliphatic rings. The molecule has 0 saturated heterocycles. The Balaban J connectivity index is 1.66. The predicted molar refractivity (Wildman–Crippen MR) is 120 cm³/mol. The van der Waals surface area contributed by atoms with Crippen LogP contribution in [0.1, 0.15) is 48.5 Å². The maximum absolute atomic E-state index is 4.99. The summed E-state index contributed by atoms with van der Waals surface area (Å²) in [5, 5.41) is 4.95. The van der Waals surface area contributed by atoms with Crippen molar-refractivity contribution in [1.29, 1.82) is 0 Å². The minimum atomic E-state index is 0.782. The molecule has 1 aliphatic carbocycles. The first-order valence-electron chi connectivity index (χ1n) is 10.6. The van der Waals surface area contributed by atoms with Gasteiger partial charge in [-0.2, -0.15) is 0 Å². The quantitative estimate of drug-likeness (QED) is 0.589. The van der Waals surface area contributed by atoms with Crippen LogP contribution in [0.2, 0.25) is 0 Å². The zero-order valence-electron chi connectivity index (χ0n) is 17.0. The van der Waals surface area contributed by atoms with E-state index in [9.17, 15) is 0 Å². The molecule has 148 valence electrons. The summed E-state index contributed by atoms with van der Waals surface area (Å²) < 4.78 is 0. The Morgan fingerprint density at radius 2 is 1.82 bits per heavy atom. The Bertz CT molecular complexity index is 915. The number of rotatable bonds is 8. The van der Waals surface area contributed by atoms with Gasteiger partial charge in [-0.25, -0.2) is 9.97 Å². The van der Waals surface area contributed by atoms with E-state index in [1.54, 1.807) is 0 Å². The molecule has 1 N–H and O–H groups in total. The van der Waals surface area contributed by atoms with Gasteiger partial charge < -0.3 is 10.2 Å². The van der Waals surface area contributed by atoms with Gasteiger partial charge in [0, 0.05) is 24.4 Å². The van der Waals surface area contributed by atoms with E-state index in [1.165, 1.54) is 47.1 Å². The van der Waals surface area contributed by atoms with E-state index in [2.05, 4.69) is 54.4 Å². The molecule has 0 spiro atoms. The normalized spacial score (nSPS) is 13.8. The number of hydrogen-bond donors (Lipinski definition) is 1. The van der Waals surface area contributed by atoms with Crippen LogP contribution in [0.15, 0.2) is 30.3 Å². The molecule has 0 aliphatic heterocycles. The molecule has 0 radical (unpaired) electrons. The summed E-state index contributed by atoms with van der Waals surface area (Å²) in [7, 11) is 0. The van der Waals surface area contributed by atoms with Crippen LogP contribution in [-0.4, -0.2) is 41.0 Å². The van der Waals surface area contributed by atoms with Gasteiger partial charge in [0.25, 0.3) is 0 Å². The number of benzene rings is 1. The molecule has 28 heavy (non-hydrogen) atoms. The lowest BCUT2D eigenvalue weighted by atomic mass is 9.97. The van der Waals surface area contributed by atoms with Crippen molar-refractivity contribution in [3.63, 3.8) is 0 Å². The van der Waals surface area contributed by atoms with Gasteiger partial charge in [-0.05, 0) is 49.9 Å². The Kier molecular flexibility index (Phi) is 6.23. The maximum Gasteiger partial charge on any atom is 0.138 e. The number of thiophene rings is 1. The molecule has 4 nitrogen and oxygen atoms in total. The molecule has 1 aromatic carbocycles. The minimum absolute atomic E-state index is 0.782. The van der Waals surface area contributed by atoms with E-state index >= 15 is 0 Å². The van der Waals surface area contributed by atoms with Crippen molar-refractivity contribution < 1.29 is 0 Å².